The number of nitrogens with one attached hydrogen (secondary N) is 1. The predicted octanol–water partition coefficient (Wildman–Crippen LogP) is 3.03. The van der Waals surface area contributed by atoms with E-state index in [0.29, 0.717) is 41.7 Å². The molecule has 10 heteroatoms. The van der Waals surface area contributed by atoms with Gasteiger partial charge in [0.1, 0.15) is 17.4 Å². The van der Waals surface area contributed by atoms with E-state index in [1.165, 1.54) is 17.7 Å². The zero-order chi connectivity index (χ0) is 22.8. The van der Waals surface area contributed by atoms with Crippen LogP contribution in [0.2, 0.25) is 0 Å². The Hall–Kier alpha value is -4.05. The molecule has 1 N–H and O–H groups in total. The van der Waals surface area contributed by atoms with E-state index in [1.807, 2.05) is 6.07 Å². The van der Waals surface area contributed by atoms with Crippen LogP contribution in [0, 0.1) is 5.82 Å². The summed E-state index contributed by atoms with van der Waals surface area (Å²) in [5.74, 6) is -0.0844. The van der Waals surface area contributed by atoms with Crippen LogP contribution < -0.4 is 15.0 Å². The molecular weight excluding hydrogens is 427 g/mol. The van der Waals surface area contributed by atoms with E-state index in [-0.39, 0.29) is 5.69 Å². The van der Waals surface area contributed by atoms with Gasteiger partial charge in [0.25, 0.3) is 5.91 Å². The number of methoxy groups -OCH3 is 1. The van der Waals surface area contributed by atoms with Crippen molar-refractivity contribution in [2.75, 3.05) is 43.6 Å². The van der Waals surface area contributed by atoms with Crippen molar-refractivity contribution in [3.05, 3.63) is 66.4 Å². The maximum atomic E-state index is 14.6. The van der Waals surface area contributed by atoms with E-state index in [0.717, 1.165) is 18.8 Å². The van der Waals surface area contributed by atoms with Gasteiger partial charge in [0.15, 0.2) is 11.3 Å². The van der Waals surface area contributed by atoms with Crippen LogP contribution >= 0.6 is 0 Å². The third-order valence-electron chi connectivity index (χ3n) is 5.41. The van der Waals surface area contributed by atoms with Crippen LogP contribution in [0.25, 0.3) is 16.9 Å². The summed E-state index contributed by atoms with van der Waals surface area (Å²) in [6.45, 7) is 2.98. The highest BCUT2D eigenvalue weighted by Crippen LogP contribution is 2.26. The van der Waals surface area contributed by atoms with Crippen LogP contribution in [-0.2, 0) is 4.74 Å². The first kappa shape index (κ1) is 20.8. The number of ether oxygens (including phenoxy) is 2. The van der Waals surface area contributed by atoms with Gasteiger partial charge < -0.3 is 19.7 Å². The molecule has 4 aromatic rings. The summed E-state index contributed by atoms with van der Waals surface area (Å²) in [6.07, 6.45) is 3.26. The van der Waals surface area contributed by atoms with Gasteiger partial charge in [0, 0.05) is 37.0 Å². The van der Waals surface area contributed by atoms with E-state index in [1.54, 1.807) is 42.7 Å². The second-order valence-electron chi connectivity index (χ2n) is 7.43. The first-order valence-corrected chi connectivity index (χ1v) is 10.4. The molecule has 0 radical (unpaired) electrons. The van der Waals surface area contributed by atoms with Gasteiger partial charge >= 0.3 is 0 Å². The molecule has 0 aliphatic carbocycles. The van der Waals surface area contributed by atoms with E-state index >= 15 is 0 Å². The van der Waals surface area contributed by atoms with Crippen molar-refractivity contribution >= 4 is 23.1 Å². The Morgan fingerprint density at radius 1 is 1.12 bits per heavy atom. The largest absolute Gasteiger partial charge is 0.497 e. The molecule has 1 aliphatic rings. The van der Waals surface area contributed by atoms with Gasteiger partial charge in [-0.05, 0) is 30.3 Å². The number of nitrogens with zero attached hydrogens (tertiary/aromatic N) is 5. The first-order valence-electron chi connectivity index (χ1n) is 10.4. The maximum absolute atomic E-state index is 14.6. The van der Waals surface area contributed by atoms with Crippen LogP contribution in [-0.4, -0.2) is 58.9 Å². The highest BCUT2D eigenvalue weighted by molar-refractivity contribution is 6.03. The summed E-state index contributed by atoms with van der Waals surface area (Å²) in [5, 5.41) is 7.10. The molecule has 1 aromatic carbocycles. The Kier molecular flexibility index (Phi) is 5.57. The third kappa shape index (κ3) is 4.20. The monoisotopic (exact) mass is 448 g/mol. The molecule has 4 heterocycles. The van der Waals surface area contributed by atoms with Gasteiger partial charge in [-0.1, -0.05) is 0 Å². The first-order chi connectivity index (χ1) is 16.1. The zero-order valence-electron chi connectivity index (χ0n) is 17.9. The van der Waals surface area contributed by atoms with Crippen LogP contribution in [0.5, 0.6) is 5.75 Å². The number of aromatic nitrogens is 4. The molecule has 0 unspecified atom stereocenters. The van der Waals surface area contributed by atoms with Crippen molar-refractivity contribution < 1.29 is 18.7 Å². The van der Waals surface area contributed by atoms with Crippen LogP contribution in [0.1, 0.15) is 10.5 Å². The number of hydrogen-bond acceptors (Lipinski definition) is 7. The Labute approximate surface area is 188 Å². The van der Waals surface area contributed by atoms with Crippen molar-refractivity contribution in [1.82, 2.24) is 19.6 Å². The van der Waals surface area contributed by atoms with E-state index in [4.69, 9.17) is 9.47 Å². The van der Waals surface area contributed by atoms with E-state index in [2.05, 4.69) is 25.3 Å². The van der Waals surface area contributed by atoms with Gasteiger partial charge in [-0.25, -0.2) is 18.9 Å². The lowest BCUT2D eigenvalue weighted by atomic mass is 10.1. The normalized spacial score (nSPS) is 13.8. The second kappa shape index (κ2) is 8.83. The van der Waals surface area contributed by atoms with Gasteiger partial charge in [0.05, 0.1) is 37.9 Å². The molecule has 0 saturated carbocycles. The number of amides is 1. The third-order valence-corrected chi connectivity index (χ3v) is 5.41. The summed E-state index contributed by atoms with van der Waals surface area (Å²) in [5.41, 5.74) is 2.32. The number of pyridine rings is 1. The molecule has 1 fully saturated rings. The molecule has 0 spiro atoms. The smallest absolute Gasteiger partial charge is 0.277 e. The fourth-order valence-corrected chi connectivity index (χ4v) is 3.69. The fraction of sp³-hybridized carbons (Fsp3) is 0.217. The Morgan fingerprint density at radius 3 is 2.70 bits per heavy atom. The van der Waals surface area contributed by atoms with Crippen molar-refractivity contribution in [3.63, 3.8) is 0 Å². The number of benzene rings is 1. The number of morpholine rings is 1. The summed E-state index contributed by atoms with van der Waals surface area (Å²) < 4.78 is 26.5. The number of carbonyl (C=O) groups is 1. The van der Waals surface area contributed by atoms with E-state index in [9.17, 15) is 9.18 Å². The summed E-state index contributed by atoms with van der Waals surface area (Å²) >= 11 is 0. The molecule has 1 saturated heterocycles. The minimum atomic E-state index is -0.465. The summed E-state index contributed by atoms with van der Waals surface area (Å²) in [4.78, 5) is 23.6. The lowest BCUT2D eigenvalue weighted by molar-refractivity contribution is 0.102. The van der Waals surface area contributed by atoms with Gasteiger partial charge in [-0.2, -0.15) is 5.10 Å². The van der Waals surface area contributed by atoms with Crippen LogP contribution in [0.4, 0.5) is 15.9 Å². The SMILES string of the molecule is COc1ccc(-c2ccnc3cc(C(=O)Nc4ccc(N5CCOCC5)cn4)nn23)c(F)c1. The lowest BCUT2D eigenvalue weighted by Gasteiger charge is -2.28. The van der Waals surface area contributed by atoms with Crippen molar-refractivity contribution in [2.45, 2.75) is 0 Å². The number of fused-ring (bicyclic) bond motifs is 1. The molecule has 1 aliphatic heterocycles. The van der Waals surface area contributed by atoms with Crippen molar-refractivity contribution in [3.8, 4) is 17.0 Å². The Morgan fingerprint density at radius 2 is 1.97 bits per heavy atom. The standard InChI is InChI=1S/C23H21FN6O3/c1-32-16-3-4-17(18(24)12-16)20-6-7-25-22-13-19(28-30(20)22)23(31)27-21-5-2-15(14-26-21)29-8-10-33-11-9-29/h2-7,12-14H,8-11H2,1H3,(H,26,27,31). The molecule has 0 bridgehead atoms. The molecule has 1 amide bonds. The van der Waals surface area contributed by atoms with Gasteiger partial charge in [-0.15, -0.1) is 0 Å². The second-order valence-corrected chi connectivity index (χ2v) is 7.43. The maximum Gasteiger partial charge on any atom is 0.277 e. The number of halogens is 1. The lowest BCUT2D eigenvalue weighted by Crippen LogP contribution is -2.36. The highest BCUT2D eigenvalue weighted by Gasteiger charge is 2.17. The fourth-order valence-electron chi connectivity index (χ4n) is 3.69. The zero-order valence-corrected chi connectivity index (χ0v) is 17.9. The van der Waals surface area contributed by atoms with Crippen LogP contribution in [0.3, 0.4) is 0 Å². The molecule has 5 rings (SSSR count). The minimum absolute atomic E-state index is 0.142. The van der Waals surface area contributed by atoms with Crippen LogP contribution in [0.15, 0.2) is 54.9 Å². The molecule has 0 atom stereocenters. The van der Waals surface area contributed by atoms with Gasteiger partial charge in [0.2, 0.25) is 0 Å². The highest BCUT2D eigenvalue weighted by atomic mass is 19.1. The number of hydrogen-bond donors (Lipinski definition) is 1. The number of anilines is 2. The minimum Gasteiger partial charge on any atom is -0.497 e. The average molecular weight is 448 g/mol. The Bertz CT molecular complexity index is 1300. The molecule has 33 heavy (non-hydrogen) atoms. The quantitative estimate of drug-likeness (QED) is 0.502. The average Bonchev–Trinajstić information content (AvgIpc) is 3.30. The molecule has 9 nitrogen and oxygen atoms in total. The number of carbonyl (C=O) groups excluding carboxylic acids is 1. The van der Waals surface area contributed by atoms with Crippen molar-refractivity contribution in [1.29, 1.82) is 0 Å². The topological polar surface area (TPSA) is 93.9 Å². The molecule has 168 valence electrons. The molecular formula is C23H21FN6O3. The van der Waals surface area contributed by atoms with E-state index < -0.39 is 11.7 Å². The molecule has 3 aromatic heterocycles. The van der Waals surface area contributed by atoms with Gasteiger partial charge in [-0.3, -0.25) is 4.79 Å². The summed E-state index contributed by atoms with van der Waals surface area (Å²) in [7, 11) is 1.47. The number of rotatable bonds is 5. The predicted molar refractivity (Wildman–Crippen MR) is 120 cm³/mol. The van der Waals surface area contributed by atoms with Crippen molar-refractivity contribution in [2.24, 2.45) is 0 Å². The summed E-state index contributed by atoms with van der Waals surface area (Å²) in [6, 6.07) is 11.4. The Balaban J connectivity index is 1.38.